The van der Waals surface area contributed by atoms with Crippen molar-refractivity contribution < 1.29 is 0 Å². The Morgan fingerprint density at radius 3 is 2.95 bits per heavy atom. The molecule has 1 aromatic heterocycles. The molecule has 1 aromatic carbocycles. The van der Waals surface area contributed by atoms with Crippen molar-refractivity contribution in [3.63, 3.8) is 0 Å². The molecular weight excluding hydrogens is 286 g/mol. The molecule has 1 atom stereocenters. The number of thioether (sulfide) groups is 1. The fourth-order valence-electron chi connectivity index (χ4n) is 2.15. The lowest BCUT2D eigenvalue weighted by atomic mass is 10.1. The van der Waals surface area contributed by atoms with E-state index in [9.17, 15) is 0 Å². The molecule has 3 nitrogen and oxygen atoms in total. The minimum Gasteiger partial charge on any atom is -0.357 e. The maximum atomic E-state index is 4.64. The third-order valence-electron chi connectivity index (χ3n) is 3.18. The fraction of sp³-hybridized carbons (Fsp3) is 0.333. The molecule has 2 aromatic rings. The van der Waals surface area contributed by atoms with Gasteiger partial charge in [-0.3, -0.25) is 4.99 Å². The molecule has 0 aliphatic carbocycles. The molecule has 2 heterocycles. The van der Waals surface area contributed by atoms with Gasteiger partial charge in [0.2, 0.25) is 0 Å². The van der Waals surface area contributed by atoms with Crippen LogP contribution >= 0.6 is 23.1 Å². The van der Waals surface area contributed by atoms with Crippen LogP contribution in [0, 0.1) is 6.92 Å². The SMILES string of the molecule is Cc1nc(CCN=C2NC(c3ccccc3)CS2)cs1. The van der Waals surface area contributed by atoms with Gasteiger partial charge in [-0.15, -0.1) is 11.3 Å². The van der Waals surface area contributed by atoms with Crippen LogP contribution in [0.2, 0.25) is 0 Å². The average Bonchev–Trinajstić information content (AvgIpc) is 3.09. The van der Waals surface area contributed by atoms with E-state index in [0.29, 0.717) is 6.04 Å². The number of hydrogen-bond acceptors (Lipinski definition) is 4. The Kier molecular flexibility index (Phi) is 4.38. The summed E-state index contributed by atoms with van der Waals surface area (Å²) in [7, 11) is 0. The van der Waals surface area contributed by atoms with Gasteiger partial charge < -0.3 is 5.32 Å². The van der Waals surface area contributed by atoms with Gasteiger partial charge >= 0.3 is 0 Å². The van der Waals surface area contributed by atoms with Gasteiger partial charge in [0.05, 0.1) is 16.7 Å². The maximum Gasteiger partial charge on any atom is 0.157 e. The second kappa shape index (κ2) is 6.41. The van der Waals surface area contributed by atoms with Crippen molar-refractivity contribution in [2.45, 2.75) is 19.4 Å². The molecule has 104 valence electrons. The van der Waals surface area contributed by atoms with Gasteiger partial charge in [-0.05, 0) is 12.5 Å². The zero-order valence-corrected chi connectivity index (χ0v) is 13.0. The van der Waals surface area contributed by atoms with Gasteiger partial charge in [0.1, 0.15) is 0 Å². The first-order valence-electron chi connectivity index (χ1n) is 6.71. The lowest BCUT2D eigenvalue weighted by Gasteiger charge is -2.09. The molecule has 3 rings (SSSR count). The largest absolute Gasteiger partial charge is 0.357 e. The van der Waals surface area contributed by atoms with E-state index in [1.165, 1.54) is 5.56 Å². The van der Waals surface area contributed by atoms with Crippen LogP contribution in [0.5, 0.6) is 0 Å². The van der Waals surface area contributed by atoms with E-state index in [2.05, 4.69) is 51.0 Å². The van der Waals surface area contributed by atoms with Crippen molar-refractivity contribution in [1.82, 2.24) is 10.3 Å². The van der Waals surface area contributed by atoms with Crippen LogP contribution in [-0.4, -0.2) is 22.4 Å². The van der Waals surface area contributed by atoms with Crippen LogP contribution in [0.3, 0.4) is 0 Å². The predicted octanol–water partition coefficient (Wildman–Crippen LogP) is 3.43. The van der Waals surface area contributed by atoms with E-state index in [1.807, 2.05) is 6.92 Å². The Bertz CT molecular complexity index is 592. The van der Waals surface area contributed by atoms with Crippen LogP contribution in [-0.2, 0) is 6.42 Å². The van der Waals surface area contributed by atoms with Crippen molar-refractivity contribution in [2.75, 3.05) is 12.3 Å². The molecular formula is C15H17N3S2. The van der Waals surface area contributed by atoms with Crippen LogP contribution in [0.1, 0.15) is 22.3 Å². The molecule has 0 spiro atoms. The van der Waals surface area contributed by atoms with Crippen molar-refractivity contribution in [3.05, 3.63) is 52.0 Å². The second-order valence-electron chi connectivity index (χ2n) is 4.71. The molecule has 0 radical (unpaired) electrons. The zero-order chi connectivity index (χ0) is 13.8. The van der Waals surface area contributed by atoms with Gasteiger partial charge in [0, 0.05) is 24.1 Å². The van der Waals surface area contributed by atoms with Gasteiger partial charge in [0.15, 0.2) is 5.17 Å². The molecule has 1 N–H and O–H groups in total. The number of nitrogens with one attached hydrogen (secondary N) is 1. The third kappa shape index (κ3) is 3.41. The first-order valence-corrected chi connectivity index (χ1v) is 8.57. The minimum atomic E-state index is 0.390. The molecule has 20 heavy (non-hydrogen) atoms. The Labute approximate surface area is 127 Å². The van der Waals surface area contributed by atoms with E-state index in [1.54, 1.807) is 23.1 Å². The lowest BCUT2D eigenvalue weighted by Crippen LogP contribution is -2.19. The van der Waals surface area contributed by atoms with E-state index in [0.717, 1.165) is 34.6 Å². The van der Waals surface area contributed by atoms with E-state index >= 15 is 0 Å². The summed E-state index contributed by atoms with van der Waals surface area (Å²) in [6.07, 6.45) is 0.923. The predicted molar refractivity (Wildman–Crippen MR) is 87.6 cm³/mol. The van der Waals surface area contributed by atoms with Gasteiger partial charge in [-0.2, -0.15) is 0 Å². The van der Waals surface area contributed by atoms with E-state index < -0.39 is 0 Å². The summed E-state index contributed by atoms with van der Waals surface area (Å²) < 4.78 is 0. The summed E-state index contributed by atoms with van der Waals surface area (Å²) in [5.74, 6) is 1.05. The van der Waals surface area contributed by atoms with E-state index in [4.69, 9.17) is 0 Å². The average molecular weight is 303 g/mol. The minimum absolute atomic E-state index is 0.390. The van der Waals surface area contributed by atoms with Crippen molar-refractivity contribution in [1.29, 1.82) is 0 Å². The van der Waals surface area contributed by atoms with Gasteiger partial charge in [-0.1, -0.05) is 42.1 Å². The number of aliphatic imine (C=N–C) groups is 1. The monoisotopic (exact) mass is 303 g/mol. The highest BCUT2D eigenvalue weighted by molar-refractivity contribution is 8.14. The van der Waals surface area contributed by atoms with Crippen molar-refractivity contribution in [3.8, 4) is 0 Å². The molecule has 1 saturated heterocycles. The molecule has 1 fully saturated rings. The van der Waals surface area contributed by atoms with Crippen molar-refractivity contribution >= 4 is 28.3 Å². The quantitative estimate of drug-likeness (QED) is 0.940. The Morgan fingerprint density at radius 2 is 2.20 bits per heavy atom. The summed E-state index contributed by atoms with van der Waals surface area (Å²) in [5, 5.41) is 7.81. The third-order valence-corrected chi connectivity index (χ3v) is 5.02. The summed E-state index contributed by atoms with van der Waals surface area (Å²) in [4.78, 5) is 9.10. The van der Waals surface area contributed by atoms with Gasteiger partial charge in [0.25, 0.3) is 0 Å². The summed E-state index contributed by atoms with van der Waals surface area (Å²) in [6, 6.07) is 10.9. The number of hydrogen-bond donors (Lipinski definition) is 1. The smallest absolute Gasteiger partial charge is 0.157 e. The number of thiazole rings is 1. The highest BCUT2D eigenvalue weighted by Crippen LogP contribution is 2.25. The number of aromatic nitrogens is 1. The number of aryl methyl sites for hydroxylation is 1. The number of rotatable bonds is 4. The van der Waals surface area contributed by atoms with E-state index in [-0.39, 0.29) is 0 Å². The van der Waals surface area contributed by atoms with Crippen molar-refractivity contribution in [2.24, 2.45) is 4.99 Å². The Balaban J connectivity index is 1.53. The normalized spacial score (nSPS) is 20.2. The second-order valence-corrected chi connectivity index (χ2v) is 6.78. The highest BCUT2D eigenvalue weighted by atomic mass is 32.2. The molecule has 1 aliphatic rings. The summed E-state index contributed by atoms with van der Waals surface area (Å²) >= 11 is 3.51. The first kappa shape index (κ1) is 13.6. The van der Waals surface area contributed by atoms with Crippen LogP contribution in [0.4, 0.5) is 0 Å². The number of amidine groups is 1. The Hall–Kier alpha value is -1.33. The summed E-state index contributed by atoms with van der Waals surface area (Å²) in [5.41, 5.74) is 2.49. The Morgan fingerprint density at radius 1 is 1.35 bits per heavy atom. The highest BCUT2D eigenvalue weighted by Gasteiger charge is 2.21. The van der Waals surface area contributed by atoms with Crippen LogP contribution < -0.4 is 5.32 Å². The number of nitrogens with zero attached hydrogens (tertiary/aromatic N) is 2. The standard InChI is InChI=1S/C15H17N3S2/c1-11-17-13(9-19-11)7-8-16-15-18-14(10-20-15)12-5-3-2-4-6-12/h2-6,9,14H,7-8,10H2,1H3,(H,16,18). The lowest BCUT2D eigenvalue weighted by molar-refractivity contribution is 0.748. The van der Waals surface area contributed by atoms with Crippen LogP contribution in [0.15, 0.2) is 40.7 Å². The summed E-state index contributed by atoms with van der Waals surface area (Å²) in [6.45, 7) is 2.85. The molecule has 5 heteroatoms. The maximum absolute atomic E-state index is 4.64. The molecule has 0 saturated carbocycles. The molecule has 1 unspecified atom stereocenters. The molecule has 0 bridgehead atoms. The van der Waals surface area contributed by atoms with Crippen LogP contribution in [0.25, 0.3) is 0 Å². The zero-order valence-electron chi connectivity index (χ0n) is 11.4. The molecule has 1 aliphatic heterocycles. The van der Waals surface area contributed by atoms with Gasteiger partial charge in [-0.25, -0.2) is 4.98 Å². The number of benzene rings is 1. The molecule has 0 amide bonds. The fourth-order valence-corrected chi connectivity index (χ4v) is 3.80. The first-order chi connectivity index (χ1) is 9.81. The topological polar surface area (TPSA) is 37.3 Å².